The van der Waals surface area contributed by atoms with Crippen molar-refractivity contribution in [3.63, 3.8) is 0 Å². The molecule has 0 aliphatic rings. The molecule has 0 saturated carbocycles. The lowest BCUT2D eigenvalue weighted by Crippen LogP contribution is -2.43. The maximum atomic E-state index is 11.5. The van der Waals surface area contributed by atoms with Crippen LogP contribution in [0.2, 0.25) is 0 Å². The Morgan fingerprint density at radius 1 is 1.44 bits per heavy atom. The minimum Gasteiger partial charge on any atom is -0.484 e. The summed E-state index contributed by atoms with van der Waals surface area (Å²) in [7, 11) is 0. The van der Waals surface area contributed by atoms with E-state index < -0.39 is 0 Å². The molecule has 1 aromatic carbocycles. The third kappa shape index (κ3) is 4.87. The highest BCUT2D eigenvalue weighted by Crippen LogP contribution is 2.21. The fourth-order valence-electron chi connectivity index (χ4n) is 1.31. The predicted molar refractivity (Wildman–Crippen MR) is 72.9 cm³/mol. The largest absolute Gasteiger partial charge is 0.484 e. The van der Waals surface area contributed by atoms with E-state index in [-0.39, 0.29) is 18.1 Å². The molecule has 0 aliphatic carbocycles. The SMILES string of the molecule is CC(C)(C)NC(=O)COc1ccc(Br)c(C=O)c1. The van der Waals surface area contributed by atoms with Gasteiger partial charge in [0.1, 0.15) is 5.75 Å². The molecule has 18 heavy (non-hydrogen) atoms. The Kier molecular flexibility index (Phi) is 4.90. The Hall–Kier alpha value is -1.36. The minimum absolute atomic E-state index is 0.0722. The molecule has 98 valence electrons. The fourth-order valence-corrected chi connectivity index (χ4v) is 1.65. The number of amides is 1. The van der Waals surface area contributed by atoms with Crippen molar-refractivity contribution in [1.82, 2.24) is 5.32 Å². The van der Waals surface area contributed by atoms with Crippen LogP contribution in [0, 0.1) is 0 Å². The number of ether oxygens (including phenoxy) is 1. The smallest absolute Gasteiger partial charge is 0.258 e. The van der Waals surface area contributed by atoms with Gasteiger partial charge in [-0.1, -0.05) is 15.9 Å². The summed E-state index contributed by atoms with van der Waals surface area (Å²) < 4.78 is 6.02. The summed E-state index contributed by atoms with van der Waals surface area (Å²) in [4.78, 5) is 22.3. The van der Waals surface area contributed by atoms with E-state index in [1.807, 2.05) is 20.8 Å². The van der Waals surface area contributed by atoms with Crippen LogP contribution in [0.1, 0.15) is 31.1 Å². The number of carbonyl (C=O) groups excluding carboxylic acids is 2. The van der Waals surface area contributed by atoms with Crippen molar-refractivity contribution in [1.29, 1.82) is 0 Å². The van der Waals surface area contributed by atoms with Crippen LogP contribution >= 0.6 is 15.9 Å². The first-order chi connectivity index (χ1) is 8.31. The average Bonchev–Trinajstić information content (AvgIpc) is 2.25. The zero-order chi connectivity index (χ0) is 13.8. The molecule has 0 heterocycles. The molecule has 4 nitrogen and oxygen atoms in total. The van der Waals surface area contributed by atoms with E-state index in [0.717, 1.165) is 6.29 Å². The van der Waals surface area contributed by atoms with Crippen molar-refractivity contribution in [3.8, 4) is 5.75 Å². The molecular weight excluding hydrogens is 298 g/mol. The molecule has 1 rings (SSSR count). The van der Waals surface area contributed by atoms with Gasteiger partial charge in [0.05, 0.1) is 0 Å². The van der Waals surface area contributed by atoms with Gasteiger partial charge in [-0.2, -0.15) is 0 Å². The topological polar surface area (TPSA) is 55.4 Å². The second kappa shape index (κ2) is 6.00. The van der Waals surface area contributed by atoms with E-state index in [0.29, 0.717) is 15.8 Å². The Morgan fingerprint density at radius 3 is 2.67 bits per heavy atom. The summed E-state index contributed by atoms with van der Waals surface area (Å²) in [6.07, 6.45) is 0.728. The van der Waals surface area contributed by atoms with Gasteiger partial charge in [0, 0.05) is 15.6 Å². The average molecular weight is 314 g/mol. The molecule has 5 heteroatoms. The zero-order valence-electron chi connectivity index (χ0n) is 10.6. The predicted octanol–water partition coefficient (Wildman–Crippen LogP) is 2.56. The maximum absolute atomic E-state index is 11.5. The van der Waals surface area contributed by atoms with Gasteiger partial charge in [-0.15, -0.1) is 0 Å². The van der Waals surface area contributed by atoms with Gasteiger partial charge >= 0.3 is 0 Å². The second-order valence-electron chi connectivity index (χ2n) is 4.89. The summed E-state index contributed by atoms with van der Waals surface area (Å²) in [5.74, 6) is 0.294. The maximum Gasteiger partial charge on any atom is 0.258 e. The highest BCUT2D eigenvalue weighted by atomic mass is 79.9. The summed E-state index contributed by atoms with van der Waals surface area (Å²) in [5, 5.41) is 2.79. The normalized spacial score (nSPS) is 10.9. The van der Waals surface area contributed by atoms with Crippen molar-refractivity contribution in [2.24, 2.45) is 0 Å². The number of hydrogen-bond donors (Lipinski definition) is 1. The van der Waals surface area contributed by atoms with Crippen LogP contribution in [0.25, 0.3) is 0 Å². The Labute approximate surface area is 115 Å². The van der Waals surface area contributed by atoms with Crippen LogP contribution in [-0.2, 0) is 4.79 Å². The number of rotatable bonds is 4. The summed E-state index contributed by atoms with van der Waals surface area (Å²) in [6.45, 7) is 5.62. The number of nitrogens with one attached hydrogen (secondary N) is 1. The van der Waals surface area contributed by atoms with Crippen molar-refractivity contribution in [2.45, 2.75) is 26.3 Å². The van der Waals surface area contributed by atoms with E-state index in [9.17, 15) is 9.59 Å². The lowest BCUT2D eigenvalue weighted by Gasteiger charge is -2.20. The van der Waals surface area contributed by atoms with Gasteiger partial charge in [-0.25, -0.2) is 0 Å². The van der Waals surface area contributed by atoms with E-state index in [1.54, 1.807) is 18.2 Å². The van der Waals surface area contributed by atoms with Crippen LogP contribution in [0.15, 0.2) is 22.7 Å². The molecular formula is C13H16BrNO3. The summed E-state index contributed by atoms with van der Waals surface area (Å²) >= 11 is 3.24. The molecule has 0 atom stereocenters. The number of carbonyl (C=O) groups is 2. The lowest BCUT2D eigenvalue weighted by molar-refractivity contribution is -0.124. The van der Waals surface area contributed by atoms with E-state index in [4.69, 9.17) is 4.74 Å². The van der Waals surface area contributed by atoms with Crippen LogP contribution in [0.3, 0.4) is 0 Å². The third-order valence-electron chi connectivity index (χ3n) is 1.98. The lowest BCUT2D eigenvalue weighted by atomic mass is 10.1. The Bertz CT molecular complexity index is 452. The summed E-state index contributed by atoms with van der Waals surface area (Å²) in [6, 6.07) is 4.99. The molecule has 0 unspecified atom stereocenters. The highest BCUT2D eigenvalue weighted by molar-refractivity contribution is 9.10. The first-order valence-electron chi connectivity index (χ1n) is 5.50. The van der Waals surface area contributed by atoms with Gasteiger partial charge < -0.3 is 10.1 Å². The molecule has 1 N–H and O–H groups in total. The van der Waals surface area contributed by atoms with Crippen LogP contribution in [-0.4, -0.2) is 24.3 Å². The molecule has 1 aromatic rings. The molecule has 0 radical (unpaired) electrons. The molecule has 0 spiro atoms. The second-order valence-corrected chi connectivity index (χ2v) is 5.74. The molecule has 0 aromatic heterocycles. The van der Waals surface area contributed by atoms with Gasteiger partial charge in [-0.05, 0) is 39.0 Å². The Balaban J connectivity index is 2.59. The van der Waals surface area contributed by atoms with Crippen molar-refractivity contribution < 1.29 is 14.3 Å². The standard InChI is InChI=1S/C13H16BrNO3/c1-13(2,3)15-12(17)8-18-10-4-5-11(14)9(6-10)7-16/h4-7H,8H2,1-3H3,(H,15,17). The first-order valence-corrected chi connectivity index (χ1v) is 6.29. The number of benzene rings is 1. The fraction of sp³-hybridized carbons (Fsp3) is 0.385. The molecule has 0 bridgehead atoms. The van der Waals surface area contributed by atoms with Crippen LogP contribution in [0.4, 0.5) is 0 Å². The molecule has 1 amide bonds. The van der Waals surface area contributed by atoms with Crippen molar-refractivity contribution >= 4 is 28.1 Å². The van der Waals surface area contributed by atoms with Gasteiger partial charge in [0.2, 0.25) is 0 Å². The quantitative estimate of drug-likeness (QED) is 0.869. The third-order valence-corrected chi connectivity index (χ3v) is 2.70. The van der Waals surface area contributed by atoms with E-state index >= 15 is 0 Å². The van der Waals surface area contributed by atoms with Crippen molar-refractivity contribution in [2.75, 3.05) is 6.61 Å². The highest BCUT2D eigenvalue weighted by Gasteiger charge is 2.14. The first kappa shape index (κ1) is 14.7. The van der Waals surface area contributed by atoms with Gasteiger partial charge in [0.15, 0.2) is 12.9 Å². The molecule has 0 fully saturated rings. The number of hydrogen-bond acceptors (Lipinski definition) is 3. The Morgan fingerprint density at radius 2 is 2.11 bits per heavy atom. The number of aldehydes is 1. The van der Waals surface area contributed by atoms with Gasteiger partial charge in [0.25, 0.3) is 5.91 Å². The molecule has 0 aliphatic heterocycles. The van der Waals surface area contributed by atoms with E-state index in [2.05, 4.69) is 21.2 Å². The number of halogens is 1. The van der Waals surface area contributed by atoms with Crippen LogP contribution < -0.4 is 10.1 Å². The minimum atomic E-state index is -0.284. The zero-order valence-corrected chi connectivity index (χ0v) is 12.2. The summed E-state index contributed by atoms with van der Waals surface area (Å²) in [5.41, 5.74) is 0.206. The molecule has 0 saturated heterocycles. The van der Waals surface area contributed by atoms with Crippen molar-refractivity contribution in [3.05, 3.63) is 28.2 Å². The van der Waals surface area contributed by atoms with Crippen LogP contribution in [0.5, 0.6) is 5.75 Å². The monoisotopic (exact) mass is 313 g/mol. The van der Waals surface area contributed by atoms with Gasteiger partial charge in [-0.3, -0.25) is 9.59 Å². The van der Waals surface area contributed by atoms with E-state index in [1.165, 1.54) is 0 Å².